The van der Waals surface area contributed by atoms with Gasteiger partial charge in [-0.25, -0.2) is 8.42 Å². The van der Waals surface area contributed by atoms with Crippen molar-refractivity contribution >= 4 is 9.84 Å². The Morgan fingerprint density at radius 3 is 2.88 bits per heavy atom. The number of aliphatic hydroxyl groups excluding tert-OH is 1. The topological polar surface area (TPSA) is 84.2 Å². The summed E-state index contributed by atoms with van der Waals surface area (Å²) in [7, 11) is -2.93. The molecule has 0 aliphatic carbocycles. The van der Waals surface area contributed by atoms with Crippen LogP contribution in [0.15, 0.2) is 18.5 Å². The molecule has 2 N–H and O–H groups in total. The number of aromatic nitrogens is 2. The number of nitrogens with zero attached hydrogens (tertiary/aromatic N) is 2. The van der Waals surface area contributed by atoms with Crippen molar-refractivity contribution in [3.63, 3.8) is 0 Å². The molecule has 6 nitrogen and oxygen atoms in total. The molecule has 0 bridgehead atoms. The van der Waals surface area contributed by atoms with Crippen molar-refractivity contribution in [3.05, 3.63) is 18.5 Å². The maximum absolute atomic E-state index is 11.2. The highest BCUT2D eigenvalue weighted by Crippen LogP contribution is 1.91. The van der Waals surface area contributed by atoms with Crippen LogP contribution in [0.1, 0.15) is 6.92 Å². The smallest absolute Gasteiger partial charge is 0.151 e. The second-order valence-corrected chi connectivity index (χ2v) is 6.30. The van der Waals surface area contributed by atoms with Gasteiger partial charge in [0.05, 0.1) is 18.4 Å². The fourth-order valence-corrected chi connectivity index (χ4v) is 2.07. The third kappa shape index (κ3) is 5.81. The van der Waals surface area contributed by atoms with Gasteiger partial charge in [-0.2, -0.15) is 5.10 Å². The lowest BCUT2D eigenvalue weighted by molar-refractivity contribution is 0.147. The molecule has 0 spiro atoms. The minimum absolute atomic E-state index is 0.109. The molecule has 0 saturated heterocycles. The van der Waals surface area contributed by atoms with Gasteiger partial charge in [0.15, 0.2) is 9.84 Å². The van der Waals surface area contributed by atoms with E-state index >= 15 is 0 Å². The number of nitrogens with one attached hydrogen (secondary N) is 1. The van der Waals surface area contributed by atoms with E-state index in [-0.39, 0.29) is 11.5 Å². The molecule has 1 aromatic rings. The first-order valence-electron chi connectivity index (χ1n) is 5.60. The minimum atomic E-state index is -2.93. The van der Waals surface area contributed by atoms with Crippen molar-refractivity contribution in [2.75, 3.05) is 24.6 Å². The fraction of sp³-hybridized carbons (Fsp3) is 0.700. The Bertz CT molecular complexity index is 402. The molecule has 0 saturated carbocycles. The first-order valence-corrected chi connectivity index (χ1v) is 7.42. The van der Waals surface area contributed by atoms with Crippen molar-refractivity contribution in [3.8, 4) is 0 Å². The molecule has 0 aliphatic rings. The molecular formula is C10H19N3O3S. The number of hydrogen-bond donors (Lipinski definition) is 2. The summed E-state index contributed by atoms with van der Waals surface area (Å²) in [5, 5.41) is 16.5. The zero-order valence-electron chi connectivity index (χ0n) is 9.91. The largest absolute Gasteiger partial charge is 0.390 e. The van der Waals surface area contributed by atoms with E-state index < -0.39 is 15.9 Å². The molecule has 0 radical (unpaired) electrons. The van der Waals surface area contributed by atoms with E-state index in [0.29, 0.717) is 19.6 Å². The molecule has 1 unspecified atom stereocenters. The third-order valence-corrected chi connectivity index (χ3v) is 4.07. The van der Waals surface area contributed by atoms with Crippen molar-refractivity contribution in [1.29, 1.82) is 0 Å². The molecule has 0 aromatic carbocycles. The highest BCUT2D eigenvalue weighted by atomic mass is 32.2. The maximum atomic E-state index is 11.2. The number of hydrogen-bond acceptors (Lipinski definition) is 5. The van der Waals surface area contributed by atoms with Gasteiger partial charge in [-0.05, 0) is 6.07 Å². The summed E-state index contributed by atoms with van der Waals surface area (Å²) in [4.78, 5) is 0. The van der Waals surface area contributed by atoms with Crippen LogP contribution in [-0.2, 0) is 16.4 Å². The molecule has 1 aromatic heterocycles. The maximum Gasteiger partial charge on any atom is 0.151 e. The van der Waals surface area contributed by atoms with Gasteiger partial charge in [0.2, 0.25) is 0 Å². The lowest BCUT2D eigenvalue weighted by Crippen LogP contribution is -2.33. The Morgan fingerprint density at radius 2 is 2.29 bits per heavy atom. The van der Waals surface area contributed by atoms with Gasteiger partial charge in [0.25, 0.3) is 0 Å². The number of rotatable bonds is 8. The monoisotopic (exact) mass is 261 g/mol. The highest BCUT2D eigenvalue weighted by Gasteiger charge is 2.08. The van der Waals surface area contributed by atoms with E-state index in [9.17, 15) is 13.5 Å². The summed E-state index contributed by atoms with van der Waals surface area (Å²) in [6, 6.07) is 1.79. The fourth-order valence-electron chi connectivity index (χ4n) is 1.33. The summed E-state index contributed by atoms with van der Waals surface area (Å²) >= 11 is 0. The van der Waals surface area contributed by atoms with Crippen LogP contribution in [-0.4, -0.2) is 54.0 Å². The summed E-state index contributed by atoms with van der Waals surface area (Å²) in [5.74, 6) is 0.266. The van der Waals surface area contributed by atoms with Crippen LogP contribution in [0.3, 0.4) is 0 Å². The molecule has 0 fully saturated rings. The lowest BCUT2D eigenvalue weighted by Gasteiger charge is -2.11. The second-order valence-electron chi connectivity index (χ2n) is 3.82. The summed E-state index contributed by atoms with van der Waals surface area (Å²) in [5.41, 5.74) is 0. The number of aliphatic hydroxyl groups is 1. The highest BCUT2D eigenvalue weighted by molar-refractivity contribution is 7.91. The molecule has 0 amide bonds. The van der Waals surface area contributed by atoms with Gasteiger partial charge in [-0.15, -0.1) is 0 Å². The Kier molecular flexibility index (Phi) is 5.60. The van der Waals surface area contributed by atoms with E-state index in [2.05, 4.69) is 10.4 Å². The molecule has 7 heteroatoms. The van der Waals surface area contributed by atoms with Gasteiger partial charge < -0.3 is 10.4 Å². The van der Waals surface area contributed by atoms with E-state index in [4.69, 9.17) is 0 Å². The van der Waals surface area contributed by atoms with E-state index in [1.54, 1.807) is 30.1 Å². The average Bonchev–Trinajstić information content (AvgIpc) is 2.77. The van der Waals surface area contributed by atoms with Crippen LogP contribution in [0.4, 0.5) is 0 Å². The third-order valence-electron chi connectivity index (χ3n) is 2.37. The normalized spacial score (nSPS) is 13.8. The second kappa shape index (κ2) is 6.73. The van der Waals surface area contributed by atoms with Gasteiger partial charge in [-0.3, -0.25) is 4.68 Å². The van der Waals surface area contributed by atoms with Crippen LogP contribution >= 0.6 is 0 Å². The van der Waals surface area contributed by atoms with Crippen LogP contribution in [0, 0.1) is 0 Å². The Morgan fingerprint density at radius 1 is 1.53 bits per heavy atom. The summed E-state index contributed by atoms with van der Waals surface area (Å²) < 4.78 is 24.0. The lowest BCUT2D eigenvalue weighted by atomic mass is 10.3. The molecular weight excluding hydrogens is 242 g/mol. The average molecular weight is 261 g/mol. The van der Waals surface area contributed by atoms with Gasteiger partial charge in [0.1, 0.15) is 0 Å². The number of sulfone groups is 1. The molecule has 0 aliphatic heterocycles. The minimum Gasteiger partial charge on any atom is -0.390 e. The molecule has 1 rings (SSSR count). The quantitative estimate of drug-likeness (QED) is 0.603. The van der Waals surface area contributed by atoms with Gasteiger partial charge >= 0.3 is 0 Å². The predicted molar refractivity (Wildman–Crippen MR) is 65.4 cm³/mol. The Hall–Kier alpha value is -0.920. The summed E-state index contributed by atoms with van der Waals surface area (Å²) in [6.07, 6.45) is 2.85. The first kappa shape index (κ1) is 14.1. The van der Waals surface area contributed by atoms with Crippen LogP contribution in [0.5, 0.6) is 0 Å². The van der Waals surface area contributed by atoms with Crippen molar-refractivity contribution in [2.24, 2.45) is 0 Å². The summed E-state index contributed by atoms with van der Waals surface area (Å²) in [6.45, 7) is 2.76. The Balaban J connectivity index is 2.14. The zero-order valence-corrected chi connectivity index (χ0v) is 10.7. The van der Waals surface area contributed by atoms with Crippen LogP contribution in [0.25, 0.3) is 0 Å². The van der Waals surface area contributed by atoms with Crippen LogP contribution < -0.4 is 5.32 Å². The molecule has 1 atom stereocenters. The Labute approximate surface area is 102 Å². The van der Waals surface area contributed by atoms with E-state index in [1.165, 1.54) is 0 Å². The van der Waals surface area contributed by atoms with Crippen LogP contribution in [0.2, 0.25) is 0 Å². The predicted octanol–water partition coefficient (Wildman–Crippen LogP) is -0.732. The molecule has 17 heavy (non-hydrogen) atoms. The first-order chi connectivity index (χ1) is 8.03. The molecule has 98 valence electrons. The van der Waals surface area contributed by atoms with Gasteiger partial charge in [-0.1, -0.05) is 6.92 Å². The van der Waals surface area contributed by atoms with E-state index in [1.807, 2.05) is 0 Å². The van der Waals surface area contributed by atoms with E-state index in [0.717, 1.165) is 0 Å². The zero-order chi connectivity index (χ0) is 12.7. The molecule has 1 heterocycles. The van der Waals surface area contributed by atoms with Gasteiger partial charge in [0, 0.05) is 31.2 Å². The standard InChI is InChI=1S/C10H19N3O3S/c1-2-17(15,16)7-5-11-8-10(14)9-13-6-3-4-12-13/h3-4,6,10-11,14H,2,5,7-9H2,1H3. The van der Waals surface area contributed by atoms with Crippen molar-refractivity contribution in [2.45, 2.75) is 19.6 Å². The SMILES string of the molecule is CCS(=O)(=O)CCNCC(O)Cn1cccn1. The van der Waals surface area contributed by atoms with Crippen molar-refractivity contribution in [1.82, 2.24) is 15.1 Å². The van der Waals surface area contributed by atoms with Crippen molar-refractivity contribution < 1.29 is 13.5 Å².